The predicted octanol–water partition coefficient (Wildman–Crippen LogP) is 3.18. The first-order chi connectivity index (χ1) is 13.8. The van der Waals surface area contributed by atoms with Gasteiger partial charge in [0.2, 0.25) is 0 Å². The van der Waals surface area contributed by atoms with Gasteiger partial charge >= 0.3 is 0 Å². The third-order valence-corrected chi connectivity index (χ3v) is 4.84. The number of carbonyl (C=O) groups excluding carboxylic acids is 1. The van der Waals surface area contributed by atoms with Crippen LogP contribution in [0.2, 0.25) is 0 Å². The van der Waals surface area contributed by atoms with Gasteiger partial charge in [0.25, 0.3) is 5.91 Å². The van der Waals surface area contributed by atoms with E-state index in [0.717, 1.165) is 25.3 Å². The number of aromatic nitrogens is 2. The van der Waals surface area contributed by atoms with Gasteiger partial charge in [-0.15, -0.1) is 0 Å². The van der Waals surface area contributed by atoms with Crippen LogP contribution >= 0.6 is 0 Å². The molecule has 6 nitrogen and oxygen atoms in total. The maximum Gasteiger partial charge on any atom is 0.272 e. The maximum atomic E-state index is 12.9. The number of anilines is 2. The molecular formula is C22H23N5O. The zero-order valence-electron chi connectivity index (χ0n) is 15.7. The minimum atomic E-state index is -0.0436. The lowest BCUT2D eigenvalue weighted by molar-refractivity contribution is 0.0622. The van der Waals surface area contributed by atoms with Crippen molar-refractivity contribution in [3.63, 3.8) is 0 Å². The average molecular weight is 373 g/mol. The molecule has 0 aliphatic carbocycles. The van der Waals surface area contributed by atoms with Gasteiger partial charge < -0.3 is 10.2 Å². The Morgan fingerprint density at radius 3 is 2.29 bits per heavy atom. The van der Waals surface area contributed by atoms with Crippen molar-refractivity contribution in [1.82, 2.24) is 19.8 Å². The highest BCUT2D eigenvalue weighted by atomic mass is 16.2. The van der Waals surface area contributed by atoms with E-state index in [9.17, 15) is 4.79 Å². The van der Waals surface area contributed by atoms with Crippen LogP contribution in [0, 0.1) is 0 Å². The molecule has 0 spiro atoms. The largest absolute Gasteiger partial charge is 0.340 e. The average Bonchev–Trinajstić information content (AvgIpc) is 2.75. The van der Waals surface area contributed by atoms with Gasteiger partial charge in [0.1, 0.15) is 17.8 Å². The number of piperazine rings is 1. The van der Waals surface area contributed by atoms with Crippen molar-refractivity contribution in [1.29, 1.82) is 0 Å². The predicted molar refractivity (Wildman–Crippen MR) is 109 cm³/mol. The molecule has 1 aliphatic heterocycles. The SMILES string of the molecule is O=C(c1cc(Nc2ccccc2)ncn1)N1CCN(Cc2ccccc2)CC1. The van der Waals surface area contributed by atoms with Crippen LogP contribution in [0.3, 0.4) is 0 Å². The summed E-state index contributed by atoms with van der Waals surface area (Å²) in [6.07, 6.45) is 1.43. The fourth-order valence-corrected chi connectivity index (χ4v) is 3.32. The Morgan fingerprint density at radius 1 is 0.893 bits per heavy atom. The summed E-state index contributed by atoms with van der Waals surface area (Å²) >= 11 is 0. The third kappa shape index (κ3) is 4.53. The maximum absolute atomic E-state index is 12.9. The highest BCUT2D eigenvalue weighted by Gasteiger charge is 2.23. The second-order valence-electron chi connectivity index (χ2n) is 6.83. The van der Waals surface area contributed by atoms with Crippen molar-refractivity contribution < 1.29 is 4.79 Å². The molecule has 0 unspecified atom stereocenters. The van der Waals surface area contributed by atoms with E-state index in [4.69, 9.17) is 0 Å². The zero-order chi connectivity index (χ0) is 19.2. The normalized spacial score (nSPS) is 14.6. The van der Waals surface area contributed by atoms with E-state index in [-0.39, 0.29) is 5.91 Å². The number of para-hydroxylation sites is 1. The molecule has 1 aromatic heterocycles. The van der Waals surface area contributed by atoms with E-state index >= 15 is 0 Å². The summed E-state index contributed by atoms with van der Waals surface area (Å²) in [5.74, 6) is 0.574. The molecule has 1 fully saturated rings. The quantitative estimate of drug-likeness (QED) is 0.744. The fraction of sp³-hybridized carbons (Fsp3) is 0.227. The first kappa shape index (κ1) is 18.1. The Kier molecular flexibility index (Phi) is 5.58. The number of nitrogens with zero attached hydrogens (tertiary/aromatic N) is 4. The number of rotatable bonds is 5. The summed E-state index contributed by atoms with van der Waals surface area (Å²) in [5.41, 5.74) is 2.65. The van der Waals surface area contributed by atoms with Crippen LogP contribution in [0.4, 0.5) is 11.5 Å². The molecule has 0 radical (unpaired) electrons. The Balaban J connectivity index is 1.35. The van der Waals surface area contributed by atoms with Crippen molar-refractivity contribution in [3.8, 4) is 0 Å². The van der Waals surface area contributed by atoms with Crippen LogP contribution in [0.15, 0.2) is 73.1 Å². The van der Waals surface area contributed by atoms with Gasteiger partial charge in [0, 0.05) is 44.5 Å². The molecule has 0 bridgehead atoms. The number of hydrogen-bond donors (Lipinski definition) is 1. The molecule has 142 valence electrons. The molecule has 28 heavy (non-hydrogen) atoms. The third-order valence-electron chi connectivity index (χ3n) is 4.84. The molecule has 4 rings (SSSR count). The van der Waals surface area contributed by atoms with Gasteiger partial charge in [0.05, 0.1) is 0 Å². The molecule has 2 aromatic carbocycles. The summed E-state index contributed by atoms with van der Waals surface area (Å²) in [5, 5.41) is 3.21. The number of nitrogens with one attached hydrogen (secondary N) is 1. The van der Waals surface area contributed by atoms with Gasteiger partial charge in [0.15, 0.2) is 0 Å². The van der Waals surface area contributed by atoms with Crippen molar-refractivity contribution >= 4 is 17.4 Å². The lowest BCUT2D eigenvalue weighted by Gasteiger charge is -2.34. The molecule has 1 N–H and O–H groups in total. The monoisotopic (exact) mass is 373 g/mol. The van der Waals surface area contributed by atoms with Crippen LogP contribution < -0.4 is 5.32 Å². The standard InChI is InChI=1S/C22H23N5O/c28-22(20-15-21(24-17-23-20)25-19-9-5-2-6-10-19)27-13-11-26(12-14-27)16-18-7-3-1-4-8-18/h1-10,15,17H,11-14,16H2,(H,23,24,25). The Morgan fingerprint density at radius 2 is 1.57 bits per heavy atom. The number of amides is 1. The number of hydrogen-bond acceptors (Lipinski definition) is 5. The Bertz CT molecular complexity index is 908. The summed E-state index contributed by atoms with van der Waals surface area (Å²) < 4.78 is 0. The lowest BCUT2D eigenvalue weighted by atomic mass is 10.2. The summed E-state index contributed by atoms with van der Waals surface area (Å²) in [7, 11) is 0. The van der Waals surface area contributed by atoms with Crippen LogP contribution in [0.25, 0.3) is 0 Å². The summed E-state index contributed by atoms with van der Waals surface area (Å²) in [4.78, 5) is 25.5. The van der Waals surface area contributed by atoms with Gasteiger partial charge in [-0.3, -0.25) is 9.69 Å². The van der Waals surface area contributed by atoms with Crippen LogP contribution in [0.1, 0.15) is 16.1 Å². The topological polar surface area (TPSA) is 61.4 Å². The molecular weight excluding hydrogens is 350 g/mol. The molecule has 1 saturated heterocycles. The molecule has 3 aromatic rings. The highest BCUT2D eigenvalue weighted by molar-refractivity contribution is 5.93. The van der Waals surface area contributed by atoms with Crippen molar-refractivity contribution in [3.05, 3.63) is 84.3 Å². The van der Waals surface area contributed by atoms with Crippen LogP contribution in [-0.2, 0) is 6.54 Å². The van der Waals surface area contributed by atoms with Gasteiger partial charge in [-0.25, -0.2) is 9.97 Å². The molecule has 2 heterocycles. The fourth-order valence-electron chi connectivity index (χ4n) is 3.32. The van der Waals surface area contributed by atoms with E-state index < -0.39 is 0 Å². The highest BCUT2D eigenvalue weighted by Crippen LogP contribution is 2.16. The van der Waals surface area contributed by atoms with Crippen molar-refractivity contribution in [2.75, 3.05) is 31.5 Å². The first-order valence-corrected chi connectivity index (χ1v) is 9.47. The molecule has 0 saturated carbocycles. The van der Waals surface area contributed by atoms with Crippen molar-refractivity contribution in [2.24, 2.45) is 0 Å². The molecule has 1 aliphatic rings. The van der Waals surface area contributed by atoms with E-state index in [0.29, 0.717) is 24.6 Å². The lowest BCUT2D eigenvalue weighted by Crippen LogP contribution is -2.48. The first-order valence-electron chi connectivity index (χ1n) is 9.47. The molecule has 0 atom stereocenters. The number of carbonyl (C=O) groups is 1. The number of benzene rings is 2. The van der Waals surface area contributed by atoms with Gasteiger partial charge in [-0.2, -0.15) is 0 Å². The van der Waals surface area contributed by atoms with Crippen molar-refractivity contribution in [2.45, 2.75) is 6.54 Å². The summed E-state index contributed by atoms with van der Waals surface area (Å²) in [6.45, 7) is 4.05. The summed E-state index contributed by atoms with van der Waals surface area (Å²) in [6, 6.07) is 21.9. The van der Waals surface area contributed by atoms with E-state index in [1.54, 1.807) is 6.07 Å². The van der Waals surface area contributed by atoms with Gasteiger partial charge in [-0.05, 0) is 17.7 Å². The Labute approximate surface area is 164 Å². The van der Waals surface area contributed by atoms with E-state index in [2.05, 4.69) is 44.5 Å². The van der Waals surface area contributed by atoms with E-state index in [1.165, 1.54) is 11.9 Å². The second-order valence-corrected chi connectivity index (χ2v) is 6.83. The van der Waals surface area contributed by atoms with Crippen LogP contribution in [-0.4, -0.2) is 51.9 Å². The second kappa shape index (κ2) is 8.63. The molecule has 6 heteroatoms. The van der Waals surface area contributed by atoms with Gasteiger partial charge in [-0.1, -0.05) is 48.5 Å². The van der Waals surface area contributed by atoms with E-state index in [1.807, 2.05) is 41.3 Å². The minimum absolute atomic E-state index is 0.0436. The Hall–Kier alpha value is -3.25. The smallest absolute Gasteiger partial charge is 0.272 e. The molecule has 1 amide bonds. The minimum Gasteiger partial charge on any atom is -0.340 e. The van der Waals surface area contributed by atoms with Crippen LogP contribution in [0.5, 0.6) is 0 Å². The zero-order valence-corrected chi connectivity index (χ0v) is 15.7.